The molecule has 0 spiro atoms. The molecule has 1 heterocycles. The second-order valence-electron chi connectivity index (χ2n) is 6.12. The van der Waals surface area contributed by atoms with Crippen molar-refractivity contribution in [3.63, 3.8) is 0 Å². The maximum absolute atomic E-state index is 12.8. The fourth-order valence-electron chi connectivity index (χ4n) is 2.45. The number of methoxy groups -OCH3 is 1. The van der Waals surface area contributed by atoms with Crippen LogP contribution in [0, 0.1) is 0 Å². The van der Waals surface area contributed by atoms with E-state index in [9.17, 15) is 18.0 Å². The average Bonchev–Trinajstić information content (AvgIpc) is 3.22. The van der Waals surface area contributed by atoms with E-state index in [2.05, 4.69) is 25.8 Å². The van der Waals surface area contributed by atoms with Crippen LogP contribution >= 0.6 is 0 Å². The number of hydrogen-bond acceptors (Lipinski definition) is 3. The van der Waals surface area contributed by atoms with Crippen molar-refractivity contribution >= 4 is 17.7 Å². The third kappa shape index (κ3) is 5.60. The normalized spacial score (nSPS) is 11.8. The van der Waals surface area contributed by atoms with E-state index in [-0.39, 0.29) is 18.3 Å². The number of aliphatic imine (C=N–C) groups is 1. The molecule has 156 valence electrons. The van der Waals surface area contributed by atoms with Crippen molar-refractivity contribution in [2.24, 2.45) is 4.99 Å². The summed E-state index contributed by atoms with van der Waals surface area (Å²) < 4.78 is 43.4. The SMILES string of the molecule is COc1ccc(CN/C(=N/C(=O)c2ccccc2)Nc2cc(C(F)(F)F)n[nH]2)cc1. The van der Waals surface area contributed by atoms with Crippen LogP contribution in [0.15, 0.2) is 65.7 Å². The molecule has 3 rings (SSSR count). The Labute approximate surface area is 170 Å². The maximum Gasteiger partial charge on any atom is 0.435 e. The van der Waals surface area contributed by atoms with Crippen molar-refractivity contribution in [1.29, 1.82) is 0 Å². The fourth-order valence-corrected chi connectivity index (χ4v) is 2.45. The maximum atomic E-state index is 12.8. The summed E-state index contributed by atoms with van der Waals surface area (Å²) in [6, 6.07) is 16.2. The molecule has 0 atom stereocenters. The van der Waals surface area contributed by atoms with Crippen LogP contribution in [0.4, 0.5) is 19.0 Å². The predicted molar refractivity (Wildman–Crippen MR) is 105 cm³/mol. The van der Waals surface area contributed by atoms with Gasteiger partial charge in [-0.05, 0) is 29.8 Å². The highest BCUT2D eigenvalue weighted by molar-refractivity contribution is 6.06. The van der Waals surface area contributed by atoms with Gasteiger partial charge in [-0.2, -0.15) is 23.3 Å². The summed E-state index contributed by atoms with van der Waals surface area (Å²) in [6.45, 7) is 0.262. The lowest BCUT2D eigenvalue weighted by molar-refractivity contribution is -0.141. The summed E-state index contributed by atoms with van der Waals surface area (Å²) in [5, 5.41) is 11.0. The number of guanidine groups is 1. The van der Waals surface area contributed by atoms with Crippen molar-refractivity contribution < 1.29 is 22.7 Å². The minimum absolute atomic E-state index is 0.0305. The number of rotatable bonds is 5. The first-order valence-corrected chi connectivity index (χ1v) is 8.79. The van der Waals surface area contributed by atoms with E-state index in [1.54, 1.807) is 61.7 Å². The molecule has 7 nitrogen and oxygen atoms in total. The molecule has 0 bridgehead atoms. The van der Waals surface area contributed by atoms with E-state index >= 15 is 0 Å². The van der Waals surface area contributed by atoms with Gasteiger partial charge in [0.2, 0.25) is 5.96 Å². The van der Waals surface area contributed by atoms with Crippen LogP contribution in [0.25, 0.3) is 0 Å². The molecule has 0 aliphatic heterocycles. The second kappa shape index (κ2) is 9.12. The van der Waals surface area contributed by atoms with Crippen molar-refractivity contribution in [1.82, 2.24) is 15.5 Å². The first-order chi connectivity index (χ1) is 14.3. The van der Waals surface area contributed by atoms with Crippen molar-refractivity contribution in [2.75, 3.05) is 12.4 Å². The molecular formula is C20H18F3N5O2. The Morgan fingerprint density at radius 2 is 1.83 bits per heavy atom. The van der Waals surface area contributed by atoms with Gasteiger partial charge in [0, 0.05) is 18.2 Å². The van der Waals surface area contributed by atoms with Gasteiger partial charge in [0.15, 0.2) is 5.69 Å². The number of ether oxygens (including phenoxy) is 1. The summed E-state index contributed by atoms with van der Waals surface area (Å²) in [4.78, 5) is 16.4. The number of alkyl halides is 3. The molecule has 3 N–H and O–H groups in total. The highest BCUT2D eigenvalue weighted by Crippen LogP contribution is 2.28. The topological polar surface area (TPSA) is 91.4 Å². The molecule has 0 unspecified atom stereocenters. The highest BCUT2D eigenvalue weighted by Gasteiger charge is 2.34. The van der Waals surface area contributed by atoms with Crippen LogP contribution in [-0.2, 0) is 12.7 Å². The molecule has 0 aliphatic carbocycles. The molecule has 1 aromatic heterocycles. The van der Waals surface area contributed by atoms with Crippen LogP contribution in [0.5, 0.6) is 5.75 Å². The van der Waals surface area contributed by atoms with E-state index in [0.29, 0.717) is 11.3 Å². The molecule has 3 aromatic rings. The van der Waals surface area contributed by atoms with Crippen molar-refractivity contribution in [2.45, 2.75) is 12.7 Å². The molecular weight excluding hydrogens is 399 g/mol. The average molecular weight is 417 g/mol. The number of hydrogen-bond donors (Lipinski definition) is 3. The molecule has 1 amide bonds. The molecule has 0 saturated carbocycles. The van der Waals surface area contributed by atoms with E-state index in [1.807, 2.05) is 0 Å². The van der Waals surface area contributed by atoms with Crippen LogP contribution in [-0.4, -0.2) is 29.2 Å². The van der Waals surface area contributed by atoms with Gasteiger partial charge < -0.3 is 15.4 Å². The van der Waals surface area contributed by atoms with Gasteiger partial charge >= 0.3 is 6.18 Å². The van der Waals surface area contributed by atoms with Gasteiger partial charge in [0.05, 0.1) is 7.11 Å². The van der Waals surface area contributed by atoms with Gasteiger partial charge in [-0.3, -0.25) is 9.89 Å². The number of aromatic nitrogens is 2. The van der Waals surface area contributed by atoms with Gasteiger partial charge in [-0.25, -0.2) is 0 Å². The summed E-state index contributed by atoms with van der Waals surface area (Å²) >= 11 is 0. The Hall–Kier alpha value is -3.82. The molecule has 0 saturated heterocycles. The Morgan fingerprint density at radius 3 is 2.43 bits per heavy atom. The zero-order chi connectivity index (χ0) is 21.6. The number of carbonyl (C=O) groups excluding carboxylic acids is 1. The number of aromatic amines is 1. The highest BCUT2D eigenvalue weighted by atomic mass is 19.4. The number of anilines is 1. The predicted octanol–water partition coefficient (Wildman–Crippen LogP) is 3.84. The third-order valence-corrected chi connectivity index (χ3v) is 3.97. The van der Waals surface area contributed by atoms with Crippen LogP contribution in [0.2, 0.25) is 0 Å². The van der Waals surface area contributed by atoms with Gasteiger partial charge in [-0.1, -0.05) is 30.3 Å². The quantitative estimate of drug-likeness (QED) is 0.434. The van der Waals surface area contributed by atoms with E-state index in [1.165, 1.54) is 0 Å². The van der Waals surface area contributed by atoms with Crippen molar-refractivity contribution in [3.05, 3.63) is 77.5 Å². The monoisotopic (exact) mass is 417 g/mol. The van der Waals surface area contributed by atoms with E-state index in [0.717, 1.165) is 11.6 Å². The summed E-state index contributed by atoms with van der Waals surface area (Å²) in [6.07, 6.45) is -4.59. The molecule has 2 aromatic carbocycles. The molecule has 30 heavy (non-hydrogen) atoms. The number of carbonyl (C=O) groups is 1. The van der Waals surface area contributed by atoms with E-state index < -0.39 is 17.8 Å². The van der Waals surface area contributed by atoms with E-state index in [4.69, 9.17) is 4.74 Å². The summed E-state index contributed by atoms with van der Waals surface area (Å²) in [5.41, 5.74) is 0.0931. The summed E-state index contributed by atoms with van der Waals surface area (Å²) in [7, 11) is 1.55. The first kappa shape index (κ1) is 20.9. The van der Waals surface area contributed by atoms with Gasteiger partial charge in [-0.15, -0.1) is 0 Å². The lowest BCUT2D eigenvalue weighted by Crippen LogP contribution is -2.31. The lowest BCUT2D eigenvalue weighted by atomic mass is 10.2. The largest absolute Gasteiger partial charge is 0.497 e. The minimum Gasteiger partial charge on any atom is -0.497 e. The first-order valence-electron chi connectivity index (χ1n) is 8.79. The minimum atomic E-state index is -4.59. The smallest absolute Gasteiger partial charge is 0.435 e. The fraction of sp³-hybridized carbons (Fsp3) is 0.150. The Bertz CT molecular complexity index is 1010. The molecule has 0 fully saturated rings. The number of benzene rings is 2. The Kier molecular flexibility index (Phi) is 6.35. The standard InChI is InChI=1S/C20H18F3N5O2/c1-30-15-9-7-13(8-10-15)12-24-19(26-18(29)14-5-3-2-4-6-14)25-17-11-16(27-28-17)20(21,22)23/h2-11H,12H2,1H3,(H3,24,25,26,27,28,29). The molecule has 0 aliphatic rings. The zero-order valence-electron chi connectivity index (χ0n) is 15.8. The summed E-state index contributed by atoms with van der Waals surface area (Å²) in [5.74, 6) is 0.0271. The zero-order valence-corrected chi connectivity index (χ0v) is 15.8. The number of halogens is 3. The number of nitrogens with zero attached hydrogens (tertiary/aromatic N) is 2. The van der Waals surface area contributed by atoms with Gasteiger partial charge in [0.25, 0.3) is 5.91 Å². The number of amides is 1. The Morgan fingerprint density at radius 1 is 1.13 bits per heavy atom. The molecule has 10 heteroatoms. The van der Waals surface area contributed by atoms with Crippen LogP contribution < -0.4 is 15.4 Å². The van der Waals surface area contributed by atoms with Gasteiger partial charge in [0.1, 0.15) is 11.6 Å². The molecule has 0 radical (unpaired) electrons. The third-order valence-electron chi connectivity index (χ3n) is 3.97. The number of H-pyrrole nitrogens is 1. The van der Waals surface area contributed by atoms with Crippen LogP contribution in [0.3, 0.4) is 0 Å². The lowest BCUT2D eigenvalue weighted by Gasteiger charge is -2.11. The number of nitrogens with one attached hydrogen (secondary N) is 3. The van der Waals surface area contributed by atoms with Crippen LogP contribution in [0.1, 0.15) is 21.6 Å². The second-order valence-corrected chi connectivity index (χ2v) is 6.12. The Balaban J connectivity index is 1.79. The van der Waals surface area contributed by atoms with Crippen molar-refractivity contribution in [3.8, 4) is 5.75 Å².